The molecule has 0 bridgehead atoms. The van der Waals surface area contributed by atoms with E-state index >= 15 is 0 Å². The second-order valence-corrected chi connectivity index (χ2v) is 8.97. The third-order valence-corrected chi connectivity index (χ3v) is 6.97. The van der Waals surface area contributed by atoms with Crippen LogP contribution in [0.1, 0.15) is 11.1 Å². The number of benzene rings is 2. The van der Waals surface area contributed by atoms with Gasteiger partial charge in [0.2, 0.25) is 0 Å². The smallest absolute Gasteiger partial charge is 0.308 e. The molecule has 0 aliphatic rings. The number of hydrogen-bond acceptors (Lipinski definition) is 6. The minimum Gasteiger partial charge on any atom is -0.308 e. The maximum absolute atomic E-state index is 12.3. The lowest BCUT2D eigenvalue weighted by Crippen LogP contribution is -2.19. The first-order valence-corrected chi connectivity index (χ1v) is 10.8. The summed E-state index contributed by atoms with van der Waals surface area (Å²) in [5.74, 6) is 0. The van der Waals surface area contributed by atoms with E-state index in [4.69, 9.17) is 0 Å². The van der Waals surface area contributed by atoms with Crippen LogP contribution in [0.2, 0.25) is 0 Å². The molecule has 0 saturated heterocycles. The Bertz CT molecular complexity index is 1110. The van der Waals surface area contributed by atoms with E-state index in [9.17, 15) is 4.79 Å². The molecule has 5 nitrogen and oxygen atoms in total. The highest BCUT2D eigenvalue weighted by Crippen LogP contribution is 2.38. The van der Waals surface area contributed by atoms with E-state index < -0.39 is 0 Å². The summed E-state index contributed by atoms with van der Waals surface area (Å²) in [6, 6.07) is 9.59. The standard InChI is InChI=1S/C18H16N4OS3/c1-9-6-10(2)8-11(7-9)19-16(23)22-17-20-12-4-5-13-15(14(12)25-17)26-18(21-13)24-3/h4-8H,1-3H3,(H2,19,20,22,23). The molecule has 26 heavy (non-hydrogen) atoms. The van der Waals surface area contributed by atoms with Gasteiger partial charge in [0.05, 0.1) is 20.4 Å². The Morgan fingerprint density at radius 3 is 2.31 bits per heavy atom. The van der Waals surface area contributed by atoms with Gasteiger partial charge in [-0.3, -0.25) is 5.32 Å². The van der Waals surface area contributed by atoms with Crippen LogP contribution < -0.4 is 10.6 Å². The van der Waals surface area contributed by atoms with E-state index in [0.717, 1.165) is 41.6 Å². The van der Waals surface area contributed by atoms with Crippen LogP contribution in [0.15, 0.2) is 34.7 Å². The Balaban J connectivity index is 1.59. The Kier molecular flexibility index (Phi) is 4.56. The molecule has 8 heteroatoms. The molecular weight excluding hydrogens is 384 g/mol. The number of hydrogen-bond donors (Lipinski definition) is 2. The summed E-state index contributed by atoms with van der Waals surface area (Å²) in [5, 5.41) is 6.29. The van der Waals surface area contributed by atoms with Crippen molar-refractivity contribution in [2.75, 3.05) is 16.9 Å². The van der Waals surface area contributed by atoms with Gasteiger partial charge in [-0.15, -0.1) is 11.3 Å². The van der Waals surface area contributed by atoms with Crippen molar-refractivity contribution < 1.29 is 4.79 Å². The molecule has 2 aromatic carbocycles. The molecular formula is C18H16N4OS3. The summed E-state index contributed by atoms with van der Waals surface area (Å²) < 4.78 is 3.21. The Morgan fingerprint density at radius 2 is 1.62 bits per heavy atom. The zero-order chi connectivity index (χ0) is 18.3. The highest BCUT2D eigenvalue weighted by atomic mass is 32.2. The number of thioether (sulfide) groups is 1. The molecule has 0 aliphatic carbocycles. The maximum Gasteiger partial charge on any atom is 0.325 e. The number of nitrogens with zero attached hydrogens (tertiary/aromatic N) is 2. The first-order valence-electron chi connectivity index (χ1n) is 7.92. The lowest BCUT2D eigenvalue weighted by Gasteiger charge is -2.07. The Morgan fingerprint density at radius 1 is 0.962 bits per heavy atom. The topological polar surface area (TPSA) is 66.9 Å². The predicted octanol–water partition coefficient (Wildman–Crippen LogP) is 5.89. The first-order chi connectivity index (χ1) is 12.5. The maximum atomic E-state index is 12.3. The SMILES string of the molecule is CSc1nc2ccc3nc(NC(=O)Nc4cc(C)cc(C)c4)sc3c2s1. The lowest BCUT2D eigenvalue weighted by atomic mass is 10.1. The molecule has 4 rings (SSSR count). The number of carbonyl (C=O) groups excluding carboxylic acids is 1. The van der Waals surface area contributed by atoms with Crippen molar-refractivity contribution in [1.82, 2.24) is 9.97 Å². The van der Waals surface area contributed by atoms with E-state index in [1.54, 1.807) is 23.1 Å². The monoisotopic (exact) mass is 400 g/mol. The van der Waals surface area contributed by atoms with E-state index in [1.165, 1.54) is 11.3 Å². The normalized spacial score (nSPS) is 11.2. The van der Waals surface area contributed by atoms with Crippen molar-refractivity contribution >= 4 is 71.7 Å². The summed E-state index contributed by atoms with van der Waals surface area (Å²) in [7, 11) is 0. The molecule has 132 valence electrons. The largest absolute Gasteiger partial charge is 0.325 e. The van der Waals surface area contributed by atoms with Crippen LogP contribution in [0.5, 0.6) is 0 Å². The number of anilines is 2. The van der Waals surface area contributed by atoms with E-state index in [0.29, 0.717) is 5.13 Å². The van der Waals surface area contributed by atoms with Crippen molar-refractivity contribution in [3.8, 4) is 0 Å². The molecule has 2 N–H and O–H groups in total. The molecule has 2 heterocycles. The van der Waals surface area contributed by atoms with Gasteiger partial charge in [0, 0.05) is 5.69 Å². The lowest BCUT2D eigenvalue weighted by molar-refractivity contribution is 0.262. The van der Waals surface area contributed by atoms with E-state index in [-0.39, 0.29) is 6.03 Å². The van der Waals surface area contributed by atoms with Crippen molar-refractivity contribution in [3.63, 3.8) is 0 Å². The van der Waals surface area contributed by atoms with Gasteiger partial charge in [-0.25, -0.2) is 14.8 Å². The second-order valence-electron chi connectivity index (χ2n) is 5.92. The molecule has 0 unspecified atom stereocenters. The van der Waals surface area contributed by atoms with Crippen LogP contribution >= 0.6 is 34.4 Å². The second kappa shape index (κ2) is 6.86. The Labute approximate surface area is 162 Å². The minimum absolute atomic E-state index is 0.292. The van der Waals surface area contributed by atoms with E-state index in [2.05, 4.69) is 26.7 Å². The van der Waals surface area contributed by atoms with Crippen LogP contribution in [0.25, 0.3) is 20.4 Å². The molecule has 4 aromatic rings. The molecule has 0 atom stereocenters. The van der Waals surface area contributed by atoms with Gasteiger partial charge in [0.25, 0.3) is 0 Å². The fourth-order valence-electron chi connectivity index (χ4n) is 2.80. The summed E-state index contributed by atoms with van der Waals surface area (Å²) >= 11 is 4.77. The van der Waals surface area contributed by atoms with Crippen molar-refractivity contribution in [1.29, 1.82) is 0 Å². The summed E-state index contributed by atoms with van der Waals surface area (Å²) in [5.41, 5.74) is 4.84. The zero-order valence-electron chi connectivity index (χ0n) is 14.4. The summed E-state index contributed by atoms with van der Waals surface area (Å²) in [4.78, 5) is 21.4. The Hall–Kier alpha value is -2.16. The van der Waals surface area contributed by atoms with Gasteiger partial charge in [0.1, 0.15) is 0 Å². The van der Waals surface area contributed by atoms with Gasteiger partial charge >= 0.3 is 6.03 Å². The van der Waals surface area contributed by atoms with Crippen LogP contribution in [0, 0.1) is 13.8 Å². The van der Waals surface area contributed by atoms with Gasteiger partial charge in [-0.1, -0.05) is 29.2 Å². The molecule has 0 saturated carbocycles. The number of urea groups is 1. The van der Waals surface area contributed by atoms with Crippen LogP contribution in [-0.2, 0) is 0 Å². The van der Waals surface area contributed by atoms with Gasteiger partial charge in [-0.05, 0) is 55.5 Å². The average molecular weight is 401 g/mol. The molecule has 0 aliphatic heterocycles. The number of amides is 2. The predicted molar refractivity (Wildman–Crippen MR) is 113 cm³/mol. The number of aryl methyl sites for hydroxylation is 2. The number of rotatable bonds is 3. The van der Waals surface area contributed by atoms with Crippen molar-refractivity contribution in [3.05, 3.63) is 41.5 Å². The van der Waals surface area contributed by atoms with Gasteiger partial charge < -0.3 is 5.32 Å². The third-order valence-electron chi connectivity index (χ3n) is 3.77. The molecule has 0 fully saturated rings. The van der Waals surface area contributed by atoms with Crippen LogP contribution in [-0.4, -0.2) is 22.3 Å². The number of carbonyl (C=O) groups is 1. The number of thiazole rings is 2. The quantitative estimate of drug-likeness (QED) is 0.421. The molecule has 0 spiro atoms. The van der Waals surface area contributed by atoms with Crippen molar-refractivity contribution in [2.45, 2.75) is 18.2 Å². The van der Waals surface area contributed by atoms with Crippen LogP contribution in [0.4, 0.5) is 15.6 Å². The highest BCUT2D eigenvalue weighted by Gasteiger charge is 2.13. The molecule has 0 radical (unpaired) electrons. The van der Waals surface area contributed by atoms with E-state index in [1.807, 2.05) is 44.4 Å². The number of nitrogens with one attached hydrogen (secondary N) is 2. The fraction of sp³-hybridized carbons (Fsp3) is 0.167. The summed E-state index contributed by atoms with van der Waals surface area (Å²) in [6.07, 6.45) is 2.02. The third kappa shape index (κ3) is 3.40. The first kappa shape index (κ1) is 17.3. The van der Waals surface area contributed by atoms with Gasteiger partial charge in [0.15, 0.2) is 9.47 Å². The number of aromatic nitrogens is 2. The zero-order valence-corrected chi connectivity index (χ0v) is 16.9. The highest BCUT2D eigenvalue weighted by molar-refractivity contribution is 8.00. The fourth-order valence-corrected chi connectivity index (χ4v) is 5.45. The number of fused-ring (bicyclic) bond motifs is 3. The van der Waals surface area contributed by atoms with Crippen LogP contribution in [0.3, 0.4) is 0 Å². The van der Waals surface area contributed by atoms with Crippen molar-refractivity contribution in [2.24, 2.45) is 0 Å². The van der Waals surface area contributed by atoms with Gasteiger partial charge in [-0.2, -0.15) is 0 Å². The summed E-state index contributed by atoms with van der Waals surface area (Å²) in [6.45, 7) is 4.01. The minimum atomic E-state index is -0.292. The molecule has 2 amide bonds. The average Bonchev–Trinajstić information content (AvgIpc) is 3.15. The molecule has 2 aromatic heterocycles.